The Morgan fingerprint density at radius 3 is 2.58 bits per heavy atom. The van der Waals surface area contributed by atoms with Gasteiger partial charge in [0.2, 0.25) is 0 Å². The molecule has 62 valence electrons. The molecule has 1 aromatic rings. The molecule has 0 aliphatic heterocycles. The van der Waals surface area contributed by atoms with Gasteiger partial charge in [-0.15, -0.1) is 0 Å². The van der Waals surface area contributed by atoms with Crippen molar-refractivity contribution in [1.82, 2.24) is 0 Å². The van der Waals surface area contributed by atoms with Crippen LogP contribution in [0.4, 0.5) is 0 Å². The standard InChI is InChI=1S/C10H10OS/c1-9(11)7-8-12-10-5-3-2-4-6-10/h2-6,9,11H,1H3/t9-/m1/s1. The average Bonchev–Trinajstić information content (AvgIpc) is 2.05. The molecule has 1 rings (SSSR count). The fraction of sp³-hybridized carbons (Fsp3) is 0.200. The van der Waals surface area contributed by atoms with Crippen LogP contribution in [0.1, 0.15) is 6.92 Å². The molecule has 1 nitrogen and oxygen atoms in total. The first-order valence-electron chi connectivity index (χ1n) is 3.69. The van der Waals surface area contributed by atoms with Crippen molar-refractivity contribution in [2.75, 3.05) is 0 Å². The number of hydrogen-bond acceptors (Lipinski definition) is 2. The fourth-order valence-electron chi connectivity index (χ4n) is 0.662. The van der Waals surface area contributed by atoms with Crippen molar-refractivity contribution in [3.05, 3.63) is 30.3 Å². The lowest BCUT2D eigenvalue weighted by Gasteiger charge is -1.91. The van der Waals surface area contributed by atoms with Gasteiger partial charge in [0.05, 0.1) is 0 Å². The van der Waals surface area contributed by atoms with Gasteiger partial charge in [-0.25, -0.2) is 0 Å². The van der Waals surface area contributed by atoms with Crippen LogP contribution < -0.4 is 0 Å². The summed E-state index contributed by atoms with van der Waals surface area (Å²) in [4.78, 5) is 1.10. The molecule has 0 spiro atoms. The summed E-state index contributed by atoms with van der Waals surface area (Å²) in [6, 6.07) is 9.87. The van der Waals surface area contributed by atoms with Crippen molar-refractivity contribution in [1.29, 1.82) is 0 Å². The van der Waals surface area contributed by atoms with Crippen molar-refractivity contribution in [3.8, 4) is 11.2 Å². The highest BCUT2D eigenvalue weighted by Crippen LogP contribution is 2.14. The molecule has 0 unspecified atom stereocenters. The van der Waals surface area contributed by atoms with Gasteiger partial charge in [-0.05, 0) is 36.1 Å². The lowest BCUT2D eigenvalue weighted by Crippen LogP contribution is -1.91. The van der Waals surface area contributed by atoms with Crippen LogP contribution in [0.25, 0.3) is 0 Å². The molecule has 0 radical (unpaired) electrons. The van der Waals surface area contributed by atoms with E-state index in [4.69, 9.17) is 5.11 Å². The zero-order chi connectivity index (χ0) is 8.81. The minimum Gasteiger partial charge on any atom is -0.381 e. The van der Waals surface area contributed by atoms with Gasteiger partial charge in [-0.1, -0.05) is 24.1 Å². The second-order valence-corrected chi connectivity index (χ2v) is 3.22. The van der Waals surface area contributed by atoms with Gasteiger partial charge < -0.3 is 5.11 Å². The Labute approximate surface area is 76.8 Å². The van der Waals surface area contributed by atoms with Crippen molar-refractivity contribution >= 4 is 11.8 Å². The number of hydrogen-bond donors (Lipinski definition) is 1. The molecule has 0 saturated carbocycles. The largest absolute Gasteiger partial charge is 0.381 e. The summed E-state index contributed by atoms with van der Waals surface area (Å²) in [7, 11) is 0. The van der Waals surface area contributed by atoms with Gasteiger partial charge in [-0.3, -0.25) is 0 Å². The Bertz CT molecular complexity index is 282. The van der Waals surface area contributed by atoms with Crippen molar-refractivity contribution in [2.45, 2.75) is 17.9 Å². The molecule has 0 aromatic heterocycles. The second-order valence-electron chi connectivity index (χ2n) is 2.34. The molecule has 0 fully saturated rings. The maximum absolute atomic E-state index is 8.84. The molecule has 0 bridgehead atoms. The normalized spacial score (nSPS) is 11.5. The highest BCUT2D eigenvalue weighted by Gasteiger charge is 1.87. The third kappa shape index (κ3) is 3.47. The van der Waals surface area contributed by atoms with Gasteiger partial charge in [0.1, 0.15) is 6.10 Å². The van der Waals surface area contributed by atoms with E-state index in [1.807, 2.05) is 30.3 Å². The molecule has 1 aromatic carbocycles. The number of thioether (sulfide) groups is 1. The SMILES string of the molecule is C[C@@H](O)C#CSc1ccccc1. The van der Waals surface area contributed by atoms with Gasteiger partial charge in [-0.2, -0.15) is 0 Å². The summed E-state index contributed by atoms with van der Waals surface area (Å²) < 4.78 is 0. The molecule has 0 aliphatic rings. The first-order chi connectivity index (χ1) is 5.79. The van der Waals surface area contributed by atoms with Gasteiger partial charge >= 0.3 is 0 Å². The topological polar surface area (TPSA) is 20.2 Å². The Kier molecular flexibility index (Phi) is 3.72. The maximum atomic E-state index is 8.84. The second kappa shape index (κ2) is 4.87. The zero-order valence-electron chi connectivity index (χ0n) is 6.82. The molecule has 0 saturated heterocycles. The van der Waals surface area contributed by atoms with E-state index in [9.17, 15) is 0 Å². The predicted octanol–water partition coefficient (Wildman–Crippen LogP) is 2.12. The van der Waals surface area contributed by atoms with Crippen molar-refractivity contribution in [3.63, 3.8) is 0 Å². The Balaban J connectivity index is 2.51. The van der Waals surface area contributed by atoms with Crippen molar-refractivity contribution in [2.24, 2.45) is 0 Å². The van der Waals surface area contributed by atoms with Crippen molar-refractivity contribution < 1.29 is 5.11 Å². The van der Waals surface area contributed by atoms with E-state index in [1.165, 1.54) is 11.8 Å². The monoisotopic (exact) mass is 178 g/mol. The van der Waals surface area contributed by atoms with Crippen LogP contribution in [0, 0.1) is 11.2 Å². The number of rotatable bonds is 1. The molecule has 0 aliphatic carbocycles. The summed E-state index contributed by atoms with van der Waals surface area (Å²) in [5.74, 6) is 2.66. The van der Waals surface area contributed by atoms with E-state index in [1.54, 1.807) is 6.92 Å². The van der Waals surface area contributed by atoms with Crippen LogP contribution in [-0.4, -0.2) is 11.2 Å². The van der Waals surface area contributed by atoms with E-state index < -0.39 is 6.10 Å². The van der Waals surface area contributed by atoms with Crippen LogP contribution >= 0.6 is 11.8 Å². The Hall–Kier alpha value is -0.910. The quantitative estimate of drug-likeness (QED) is 0.525. The van der Waals surface area contributed by atoms with Gasteiger partial charge in [0.15, 0.2) is 0 Å². The molecule has 2 heteroatoms. The van der Waals surface area contributed by atoms with E-state index in [-0.39, 0.29) is 0 Å². The molecular weight excluding hydrogens is 168 g/mol. The van der Waals surface area contributed by atoms with Crippen LogP contribution in [0.5, 0.6) is 0 Å². The van der Waals surface area contributed by atoms with Crippen LogP contribution in [0.3, 0.4) is 0 Å². The highest BCUT2D eigenvalue weighted by molar-refractivity contribution is 8.03. The van der Waals surface area contributed by atoms with Crippen LogP contribution in [-0.2, 0) is 0 Å². The van der Waals surface area contributed by atoms with Gasteiger partial charge in [0, 0.05) is 4.90 Å². The molecule has 0 amide bonds. The first kappa shape index (κ1) is 9.18. The summed E-state index contributed by atoms with van der Waals surface area (Å²) >= 11 is 1.43. The minimum absolute atomic E-state index is 0.541. The summed E-state index contributed by atoms with van der Waals surface area (Å²) in [6.07, 6.45) is -0.541. The van der Waals surface area contributed by atoms with Gasteiger partial charge in [0.25, 0.3) is 0 Å². The van der Waals surface area contributed by atoms with E-state index in [0.717, 1.165) is 4.90 Å². The predicted molar refractivity (Wildman–Crippen MR) is 51.8 cm³/mol. The summed E-state index contributed by atoms with van der Waals surface area (Å²) in [6.45, 7) is 1.65. The molecule has 1 N–H and O–H groups in total. The Morgan fingerprint density at radius 1 is 1.33 bits per heavy atom. The minimum atomic E-state index is -0.541. The fourth-order valence-corrected chi connectivity index (χ4v) is 1.30. The average molecular weight is 178 g/mol. The number of aliphatic hydroxyl groups is 1. The number of benzene rings is 1. The molecule has 12 heavy (non-hydrogen) atoms. The zero-order valence-corrected chi connectivity index (χ0v) is 7.64. The Morgan fingerprint density at radius 2 is 2.00 bits per heavy atom. The molecule has 1 atom stereocenters. The van der Waals surface area contributed by atoms with Crippen LogP contribution in [0.2, 0.25) is 0 Å². The maximum Gasteiger partial charge on any atom is 0.112 e. The van der Waals surface area contributed by atoms with E-state index in [2.05, 4.69) is 11.2 Å². The summed E-state index contributed by atoms with van der Waals surface area (Å²) in [5, 5.41) is 11.7. The van der Waals surface area contributed by atoms with E-state index >= 15 is 0 Å². The lowest BCUT2D eigenvalue weighted by molar-refractivity contribution is 0.253. The third-order valence-electron chi connectivity index (χ3n) is 1.18. The summed E-state index contributed by atoms with van der Waals surface area (Å²) in [5.41, 5.74) is 0. The molecule has 0 heterocycles. The first-order valence-corrected chi connectivity index (χ1v) is 4.51. The smallest absolute Gasteiger partial charge is 0.112 e. The van der Waals surface area contributed by atoms with Crippen LogP contribution in [0.15, 0.2) is 35.2 Å². The molecular formula is C10H10OS. The van der Waals surface area contributed by atoms with E-state index in [0.29, 0.717) is 0 Å². The third-order valence-corrected chi connectivity index (χ3v) is 1.91. The highest BCUT2D eigenvalue weighted by atomic mass is 32.2. The number of aliphatic hydroxyl groups excluding tert-OH is 1. The lowest BCUT2D eigenvalue weighted by atomic mass is 10.4.